The minimum Gasteiger partial charge on any atom is -0.304 e. The minimum absolute atomic E-state index is 1.23. The maximum Gasteiger partial charge on any atom is -0.000665 e. The van der Waals surface area contributed by atoms with Crippen LogP contribution in [-0.4, -0.2) is 49.1 Å². The molecule has 0 aromatic rings. The van der Waals surface area contributed by atoms with Gasteiger partial charge in [0.25, 0.3) is 0 Å². The van der Waals surface area contributed by atoms with Crippen LogP contribution in [0, 0.1) is 0 Å². The zero-order valence-corrected chi connectivity index (χ0v) is 8.55. The Hall–Kier alpha value is -0.0800. The van der Waals surface area contributed by atoms with Crippen molar-refractivity contribution in [3.05, 3.63) is 0 Å². The van der Waals surface area contributed by atoms with E-state index in [9.17, 15) is 0 Å². The quantitative estimate of drug-likeness (QED) is 0.618. The molecule has 0 N–H and O–H groups in total. The second-order valence-corrected chi connectivity index (χ2v) is 3.58. The van der Waals surface area contributed by atoms with Gasteiger partial charge in [-0.05, 0) is 52.1 Å². The molecule has 1 rings (SSSR count). The second-order valence-electron chi connectivity index (χ2n) is 3.58. The van der Waals surface area contributed by atoms with Gasteiger partial charge in [-0.2, -0.15) is 0 Å². The van der Waals surface area contributed by atoms with E-state index < -0.39 is 0 Å². The Kier molecular flexibility index (Phi) is 4.62. The molecule has 1 aliphatic rings. The molecule has 0 aromatic carbocycles. The average molecular weight is 170 g/mol. The Balaban J connectivity index is 2.24. The minimum atomic E-state index is 1.23. The molecule has 0 spiro atoms. The molecule has 0 aliphatic carbocycles. The van der Waals surface area contributed by atoms with Crippen LogP contribution in [0.3, 0.4) is 0 Å². The maximum absolute atomic E-state index is 2.56. The van der Waals surface area contributed by atoms with Crippen LogP contribution in [0.15, 0.2) is 0 Å². The zero-order chi connectivity index (χ0) is 8.81. The summed E-state index contributed by atoms with van der Waals surface area (Å²) in [6.45, 7) is 12.2. The van der Waals surface area contributed by atoms with E-state index in [1.54, 1.807) is 0 Å². The van der Waals surface area contributed by atoms with Gasteiger partial charge in [0, 0.05) is 0 Å². The summed E-state index contributed by atoms with van der Waals surface area (Å²) in [5, 5.41) is 0. The largest absolute Gasteiger partial charge is 0.304 e. The fourth-order valence-corrected chi connectivity index (χ4v) is 1.89. The summed E-state index contributed by atoms with van der Waals surface area (Å²) in [6, 6.07) is 0. The first kappa shape index (κ1) is 10.0. The fraction of sp³-hybridized carbons (Fsp3) is 1.00. The van der Waals surface area contributed by atoms with Gasteiger partial charge in [-0.15, -0.1) is 0 Å². The Morgan fingerprint density at radius 1 is 0.750 bits per heavy atom. The number of hydrogen-bond donors (Lipinski definition) is 0. The molecule has 1 fully saturated rings. The van der Waals surface area contributed by atoms with Crippen LogP contribution in [0.5, 0.6) is 0 Å². The molecule has 2 heteroatoms. The summed E-state index contributed by atoms with van der Waals surface area (Å²) in [4.78, 5) is 5.12. The van der Waals surface area contributed by atoms with Crippen LogP contribution in [-0.2, 0) is 0 Å². The molecule has 2 nitrogen and oxygen atoms in total. The molecule has 0 unspecified atom stereocenters. The zero-order valence-electron chi connectivity index (χ0n) is 8.55. The highest BCUT2D eigenvalue weighted by Crippen LogP contribution is 2.02. The van der Waals surface area contributed by atoms with Gasteiger partial charge in [-0.3, -0.25) is 0 Å². The van der Waals surface area contributed by atoms with Crippen LogP contribution in [0.4, 0.5) is 0 Å². The van der Waals surface area contributed by atoms with Crippen molar-refractivity contribution in [1.82, 2.24) is 9.80 Å². The lowest BCUT2D eigenvalue weighted by Gasteiger charge is -2.28. The highest BCUT2D eigenvalue weighted by atomic mass is 15.2. The van der Waals surface area contributed by atoms with Crippen LogP contribution in [0.2, 0.25) is 0 Å². The molecule has 0 saturated carbocycles. The van der Waals surface area contributed by atoms with E-state index in [0.717, 1.165) is 0 Å². The van der Waals surface area contributed by atoms with Crippen molar-refractivity contribution < 1.29 is 0 Å². The smallest absolute Gasteiger partial charge is 0.000665 e. The van der Waals surface area contributed by atoms with Gasteiger partial charge in [0.15, 0.2) is 0 Å². The SMILES string of the molecule is CCN1CCCN(CC)CCC1. The predicted molar refractivity (Wildman–Crippen MR) is 53.5 cm³/mol. The fourth-order valence-electron chi connectivity index (χ4n) is 1.89. The Labute approximate surface area is 76.5 Å². The molecule has 72 valence electrons. The summed E-state index contributed by atoms with van der Waals surface area (Å²) in [5.74, 6) is 0. The highest BCUT2D eigenvalue weighted by Gasteiger charge is 2.09. The van der Waals surface area contributed by atoms with Crippen molar-refractivity contribution >= 4 is 0 Å². The summed E-state index contributed by atoms with van der Waals surface area (Å²) in [5.41, 5.74) is 0. The molecule has 1 saturated heterocycles. The van der Waals surface area contributed by atoms with Crippen LogP contribution in [0.1, 0.15) is 26.7 Å². The van der Waals surface area contributed by atoms with E-state index in [1.807, 2.05) is 0 Å². The molecule has 1 aliphatic heterocycles. The lowest BCUT2D eigenvalue weighted by atomic mass is 10.2. The van der Waals surface area contributed by atoms with Gasteiger partial charge in [0.2, 0.25) is 0 Å². The first-order chi connectivity index (χ1) is 5.86. The van der Waals surface area contributed by atoms with E-state index >= 15 is 0 Å². The molecule has 0 aromatic heterocycles. The average Bonchev–Trinajstić information content (AvgIpc) is 2.05. The summed E-state index contributed by atoms with van der Waals surface area (Å²) >= 11 is 0. The van der Waals surface area contributed by atoms with E-state index in [-0.39, 0.29) is 0 Å². The third-order valence-corrected chi connectivity index (χ3v) is 2.79. The van der Waals surface area contributed by atoms with Crippen molar-refractivity contribution in [3.63, 3.8) is 0 Å². The summed E-state index contributed by atoms with van der Waals surface area (Å²) < 4.78 is 0. The normalized spacial score (nSPS) is 23.5. The molecule has 12 heavy (non-hydrogen) atoms. The first-order valence-corrected chi connectivity index (χ1v) is 5.31. The van der Waals surface area contributed by atoms with Gasteiger partial charge in [-0.1, -0.05) is 13.8 Å². The van der Waals surface area contributed by atoms with Crippen LogP contribution < -0.4 is 0 Å². The highest BCUT2D eigenvalue weighted by molar-refractivity contribution is 4.65. The molecule has 1 heterocycles. The lowest BCUT2D eigenvalue weighted by Crippen LogP contribution is -2.36. The first-order valence-electron chi connectivity index (χ1n) is 5.31. The van der Waals surface area contributed by atoms with Gasteiger partial charge >= 0.3 is 0 Å². The van der Waals surface area contributed by atoms with E-state index in [2.05, 4.69) is 23.6 Å². The number of rotatable bonds is 2. The van der Waals surface area contributed by atoms with Crippen LogP contribution in [0.25, 0.3) is 0 Å². The predicted octanol–water partition coefficient (Wildman–Crippen LogP) is 1.42. The van der Waals surface area contributed by atoms with Crippen molar-refractivity contribution in [2.45, 2.75) is 26.7 Å². The van der Waals surface area contributed by atoms with Gasteiger partial charge in [0.1, 0.15) is 0 Å². The Bertz CT molecular complexity index is 92.4. The topological polar surface area (TPSA) is 6.48 Å². The standard InChI is InChI=1S/C10H22N2/c1-3-11-7-5-9-12(4-2)10-6-8-11/h3-10H2,1-2H3. The van der Waals surface area contributed by atoms with E-state index in [0.29, 0.717) is 0 Å². The third-order valence-electron chi connectivity index (χ3n) is 2.79. The molecule has 0 bridgehead atoms. The number of nitrogens with zero attached hydrogens (tertiary/aromatic N) is 2. The number of hydrogen-bond acceptors (Lipinski definition) is 2. The Morgan fingerprint density at radius 2 is 1.08 bits per heavy atom. The molecule has 0 radical (unpaired) electrons. The van der Waals surface area contributed by atoms with E-state index in [4.69, 9.17) is 0 Å². The molecule has 0 atom stereocenters. The van der Waals surface area contributed by atoms with Crippen LogP contribution >= 0.6 is 0 Å². The monoisotopic (exact) mass is 170 g/mol. The van der Waals surface area contributed by atoms with Crippen molar-refractivity contribution in [3.8, 4) is 0 Å². The maximum atomic E-state index is 2.56. The summed E-state index contributed by atoms with van der Waals surface area (Å²) in [6.07, 6.45) is 2.70. The van der Waals surface area contributed by atoms with Crippen molar-refractivity contribution in [1.29, 1.82) is 0 Å². The second kappa shape index (κ2) is 5.55. The van der Waals surface area contributed by atoms with Crippen molar-refractivity contribution in [2.75, 3.05) is 39.3 Å². The lowest BCUT2D eigenvalue weighted by molar-refractivity contribution is 0.192. The van der Waals surface area contributed by atoms with E-state index in [1.165, 1.54) is 52.1 Å². The van der Waals surface area contributed by atoms with Crippen molar-refractivity contribution in [2.24, 2.45) is 0 Å². The molecular formula is C10H22N2. The van der Waals surface area contributed by atoms with Gasteiger partial charge in [0.05, 0.1) is 0 Å². The van der Waals surface area contributed by atoms with Gasteiger partial charge in [-0.25, -0.2) is 0 Å². The summed E-state index contributed by atoms with van der Waals surface area (Å²) in [7, 11) is 0. The Morgan fingerprint density at radius 3 is 1.33 bits per heavy atom. The third kappa shape index (κ3) is 3.11. The molecule has 0 amide bonds. The van der Waals surface area contributed by atoms with Gasteiger partial charge < -0.3 is 9.80 Å². The molecular weight excluding hydrogens is 148 g/mol.